The van der Waals surface area contributed by atoms with E-state index in [1.807, 2.05) is 11.8 Å². The van der Waals surface area contributed by atoms with Gasteiger partial charge in [-0.2, -0.15) is 0 Å². The van der Waals surface area contributed by atoms with Crippen molar-refractivity contribution in [2.75, 3.05) is 6.54 Å². The Morgan fingerprint density at radius 1 is 1.00 bits per heavy atom. The first-order valence-electron chi connectivity index (χ1n) is 7.13. The van der Waals surface area contributed by atoms with Gasteiger partial charge in [-0.3, -0.25) is 0 Å². The molecule has 1 unspecified atom stereocenters. The third-order valence-electron chi connectivity index (χ3n) is 3.45. The largest absolute Gasteiger partial charge is 0.329 e. The number of aryl methyl sites for hydroxylation is 1. The molecule has 2 heteroatoms. The van der Waals surface area contributed by atoms with Gasteiger partial charge in [-0.05, 0) is 36.1 Å². The van der Waals surface area contributed by atoms with Crippen molar-refractivity contribution in [2.24, 2.45) is 5.73 Å². The highest BCUT2D eigenvalue weighted by Crippen LogP contribution is 2.35. The van der Waals surface area contributed by atoms with Crippen LogP contribution < -0.4 is 5.73 Å². The molecule has 2 aromatic carbocycles. The summed E-state index contributed by atoms with van der Waals surface area (Å²) in [6.07, 6.45) is 0. The van der Waals surface area contributed by atoms with Gasteiger partial charge in [0.1, 0.15) is 0 Å². The molecule has 0 aliphatic carbocycles. The number of hydrogen-bond acceptors (Lipinski definition) is 2. The summed E-state index contributed by atoms with van der Waals surface area (Å²) in [4.78, 5) is 1.28. The van der Waals surface area contributed by atoms with Gasteiger partial charge in [0.15, 0.2) is 0 Å². The van der Waals surface area contributed by atoms with Crippen molar-refractivity contribution in [3.05, 3.63) is 65.2 Å². The SMILES string of the molecule is Cc1cccc(C(CN)Sc2ccc(C(C)C)cc2)c1. The number of thioether (sulfide) groups is 1. The van der Waals surface area contributed by atoms with Crippen LogP contribution in [-0.2, 0) is 0 Å². The summed E-state index contributed by atoms with van der Waals surface area (Å²) < 4.78 is 0. The van der Waals surface area contributed by atoms with Gasteiger partial charge in [0.2, 0.25) is 0 Å². The first-order valence-corrected chi connectivity index (χ1v) is 8.01. The Morgan fingerprint density at radius 3 is 2.25 bits per heavy atom. The Labute approximate surface area is 126 Å². The van der Waals surface area contributed by atoms with Gasteiger partial charge in [-0.25, -0.2) is 0 Å². The summed E-state index contributed by atoms with van der Waals surface area (Å²) >= 11 is 1.85. The maximum absolute atomic E-state index is 5.96. The van der Waals surface area contributed by atoms with E-state index < -0.39 is 0 Å². The van der Waals surface area contributed by atoms with E-state index in [1.54, 1.807) is 0 Å². The summed E-state index contributed by atoms with van der Waals surface area (Å²) in [7, 11) is 0. The van der Waals surface area contributed by atoms with Crippen molar-refractivity contribution < 1.29 is 0 Å². The summed E-state index contributed by atoms with van der Waals surface area (Å²) in [5.74, 6) is 0.580. The fourth-order valence-corrected chi connectivity index (χ4v) is 3.22. The van der Waals surface area contributed by atoms with Crippen LogP contribution in [0.2, 0.25) is 0 Å². The minimum atomic E-state index is 0.319. The zero-order chi connectivity index (χ0) is 14.5. The molecule has 0 aromatic heterocycles. The fraction of sp³-hybridized carbons (Fsp3) is 0.333. The van der Waals surface area contributed by atoms with Crippen LogP contribution in [0.15, 0.2) is 53.4 Å². The molecule has 1 atom stereocenters. The van der Waals surface area contributed by atoms with Crippen molar-refractivity contribution >= 4 is 11.8 Å². The molecule has 0 aliphatic heterocycles. The molecule has 106 valence electrons. The maximum Gasteiger partial charge on any atom is 0.0466 e. The van der Waals surface area contributed by atoms with Crippen molar-refractivity contribution in [3.8, 4) is 0 Å². The zero-order valence-corrected chi connectivity index (χ0v) is 13.3. The standard InChI is InChI=1S/C18H23NS/c1-13(2)15-7-9-17(10-8-15)20-18(12-19)16-6-4-5-14(3)11-16/h4-11,13,18H,12,19H2,1-3H3. The molecule has 0 saturated heterocycles. The predicted octanol–water partition coefficient (Wildman–Crippen LogP) is 4.91. The van der Waals surface area contributed by atoms with Crippen molar-refractivity contribution in [1.82, 2.24) is 0 Å². The van der Waals surface area contributed by atoms with Crippen molar-refractivity contribution in [1.29, 1.82) is 0 Å². The molecule has 0 amide bonds. The van der Waals surface area contributed by atoms with E-state index in [-0.39, 0.29) is 0 Å². The third kappa shape index (κ3) is 3.87. The second kappa shape index (κ2) is 6.96. The van der Waals surface area contributed by atoms with Gasteiger partial charge < -0.3 is 5.73 Å². The molecular weight excluding hydrogens is 262 g/mol. The first kappa shape index (κ1) is 15.1. The Bertz CT molecular complexity index is 546. The van der Waals surface area contributed by atoms with Crippen LogP contribution in [0.5, 0.6) is 0 Å². The van der Waals surface area contributed by atoms with E-state index in [4.69, 9.17) is 5.73 Å². The number of benzene rings is 2. The number of hydrogen-bond donors (Lipinski definition) is 1. The Balaban J connectivity index is 2.14. The molecule has 2 aromatic rings. The quantitative estimate of drug-likeness (QED) is 0.790. The first-order chi connectivity index (χ1) is 9.60. The van der Waals surface area contributed by atoms with E-state index >= 15 is 0 Å². The molecular formula is C18H23NS. The predicted molar refractivity (Wildman–Crippen MR) is 89.4 cm³/mol. The molecule has 0 spiro atoms. The van der Waals surface area contributed by atoms with E-state index in [0.717, 1.165) is 0 Å². The topological polar surface area (TPSA) is 26.0 Å². The smallest absolute Gasteiger partial charge is 0.0466 e. The normalized spacial score (nSPS) is 12.7. The van der Waals surface area contributed by atoms with Crippen molar-refractivity contribution in [2.45, 2.75) is 36.8 Å². The average Bonchev–Trinajstić information content (AvgIpc) is 2.45. The Morgan fingerprint density at radius 2 is 1.70 bits per heavy atom. The number of rotatable bonds is 5. The highest BCUT2D eigenvalue weighted by atomic mass is 32.2. The van der Waals surface area contributed by atoms with Crippen molar-refractivity contribution in [3.63, 3.8) is 0 Å². The summed E-state index contributed by atoms with van der Waals surface area (Å²) in [5.41, 5.74) is 9.94. The van der Waals surface area contributed by atoms with E-state index in [1.165, 1.54) is 21.6 Å². The van der Waals surface area contributed by atoms with E-state index in [0.29, 0.717) is 17.7 Å². The van der Waals surface area contributed by atoms with Gasteiger partial charge in [0.25, 0.3) is 0 Å². The highest BCUT2D eigenvalue weighted by molar-refractivity contribution is 7.99. The molecule has 0 radical (unpaired) electrons. The van der Waals surface area contributed by atoms with Gasteiger partial charge >= 0.3 is 0 Å². The van der Waals surface area contributed by atoms with Crippen LogP contribution in [0.1, 0.15) is 41.7 Å². The summed E-state index contributed by atoms with van der Waals surface area (Å²) in [5, 5.41) is 0.319. The minimum absolute atomic E-state index is 0.319. The van der Waals surface area contributed by atoms with E-state index in [9.17, 15) is 0 Å². The lowest BCUT2D eigenvalue weighted by atomic mass is 10.0. The lowest BCUT2D eigenvalue weighted by molar-refractivity contribution is 0.864. The summed E-state index contributed by atoms with van der Waals surface area (Å²) in [6, 6.07) is 17.5. The molecule has 20 heavy (non-hydrogen) atoms. The van der Waals surface area contributed by atoms with Gasteiger partial charge in [0, 0.05) is 16.7 Å². The molecule has 2 rings (SSSR count). The van der Waals surface area contributed by atoms with E-state index in [2.05, 4.69) is 69.3 Å². The zero-order valence-electron chi connectivity index (χ0n) is 12.5. The molecule has 0 fully saturated rings. The van der Waals surface area contributed by atoms with Crippen LogP contribution in [-0.4, -0.2) is 6.54 Å². The molecule has 0 saturated carbocycles. The number of nitrogens with two attached hydrogens (primary N) is 1. The fourth-order valence-electron chi connectivity index (χ4n) is 2.22. The lowest BCUT2D eigenvalue weighted by Gasteiger charge is -2.16. The van der Waals surface area contributed by atoms with Crippen LogP contribution in [0.3, 0.4) is 0 Å². The van der Waals surface area contributed by atoms with Crippen LogP contribution in [0, 0.1) is 6.92 Å². The van der Waals surface area contributed by atoms with Gasteiger partial charge in [-0.15, -0.1) is 11.8 Å². The second-order valence-electron chi connectivity index (χ2n) is 5.48. The second-order valence-corrected chi connectivity index (χ2v) is 6.76. The molecule has 2 N–H and O–H groups in total. The highest BCUT2D eigenvalue weighted by Gasteiger charge is 2.11. The average molecular weight is 285 g/mol. The third-order valence-corrected chi connectivity index (χ3v) is 4.75. The maximum atomic E-state index is 5.96. The van der Waals surface area contributed by atoms with Crippen LogP contribution in [0.4, 0.5) is 0 Å². The van der Waals surface area contributed by atoms with Gasteiger partial charge in [-0.1, -0.05) is 55.8 Å². The molecule has 0 aliphatic rings. The molecule has 1 nitrogen and oxygen atoms in total. The summed E-state index contributed by atoms with van der Waals surface area (Å²) in [6.45, 7) is 7.22. The molecule has 0 heterocycles. The minimum Gasteiger partial charge on any atom is -0.329 e. The monoisotopic (exact) mass is 285 g/mol. The van der Waals surface area contributed by atoms with Gasteiger partial charge in [0.05, 0.1) is 0 Å². The molecule has 0 bridgehead atoms. The van der Waals surface area contributed by atoms with Crippen LogP contribution in [0.25, 0.3) is 0 Å². The lowest BCUT2D eigenvalue weighted by Crippen LogP contribution is -2.09. The van der Waals surface area contributed by atoms with Crippen LogP contribution >= 0.6 is 11.8 Å². The Kier molecular flexibility index (Phi) is 5.27. The Hall–Kier alpha value is -1.25.